The van der Waals surface area contributed by atoms with E-state index in [1.165, 1.54) is 11.3 Å². The number of hydrogen-bond donors (Lipinski definition) is 2. The maximum Gasteiger partial charge on any atom is 0.248 e. The number of amides is 2. The monoisotopic (exact) mass is 261 g/mol. The van der Waals surface area contributed by atoms with E-state index in [4.69, 9.17) is 0 Å². The van der Waals surface area contributed by atoms with E-state index in [0.29, 0.717) is 18.0 Å². The van der Waals surface area contributed by atoms with E-state index < -0.39 is 6.04 Å². The number of benzene rings is 1. The largest absolute Gasteiger partial charge is 0.344 e. The molecule has 0 radical (unpaired) electrons. The fourth-order valence-corrected chi connectivity index (χ4v) is 2.80. The predicted octanol–water partition coefficient (Wildman–Crippen LogP) is 1.51. The molecule has 2 aromatic rings. The Morgan fingerprint density at radius 3 is 3.00 bits per heavy atom. The van der Waals surface area contributed by atoms with Crippen molar-refractivity contribution < 1.29 is 9.59 Å². The van der Waals surface area contributed by atoms with Crippen molar-refractivity contribution in [1.29, 1.82) is 0 Å². The summed E-state index contributed by atoms with van der Waals surface area (Å²) >= 11 is 1.43. The summed E-state index contributed by atoms with van der Waals surface area (Å²) in [6, 6.07) is 7.28. The van der Waals surface area contributed by atoms with Crippen LogP contribution in [0.25, 0.3) is 10.2 Å². The molecular formula is C12H11N3O2S. The minimum absolute atomic E-state index is 0.0700. The average molecular weight is 261 g/mol. The van der Waals surface area contributed by atoms with Gasteiger partial charge in [-0.2, -0.15) is 0 Å². The normalized spacial score (nSPS) is 18.9. The lowest BCUT2D eigenvalue weighted by atomic mass is 10.2. The molecule has 0 aliphatic carbocycles. The Kier molecular flexibility index (Phi) is 2.71. The molecule has 1 fully saturated rings. The number of hydrogen-bond acceptors (Lipinski definition) is 4. The first-order chi connectivity index (χ1) is 8.72. The second-order valence-corrected chi connectivity index (χ2v) is 5.17. The summed E-state index contributed by atoms with van der Waals surface area (Å²) in [6.45, 7) is 0. The van der Waals surface area contributed by atoms with Crippen molar-refractivity contribution >= 4 is 38.5 Å². The van der Waals surface area contributed by atoms with Crippen LogP contribution in [0.3, 0.4) is 0 Å². The van der Waals surface area contributed by atoms with Gasteiger partial charge in [0.25, 0.3) is 0 Å². The van der Waals surface area contributed by atoms with Crippen molar-refractivity contribution in [2.45, 2.75) is 18.9 Å². The van der Waals surface area contributed by atoms with Gasteiger partial charge in [-0.25, -0.2) is 4.98 Å². The van der Waals surface area contributed by atoms with E-state index in [2.05, 4.69) is 15.6 Å². The molecule has 6 heteroatoms. The number of rotatable bonds is 2. The third-order valence-corrected chi connectivity index (χ3v) is 3.79. The maximum atomic E-state index is 11.9. The van der Waals surface area contributed by atoms with E-state index in [1.807, 2.05) is 24.3 Å². The lowest BCUT2D eigenvalue weighted by Gasteiger charge is -2.08. The van der Waals surface area contributed by atoms with Crippen LogP contribution in [0.1, 0.15) is 12.8 Å². The van der Waals surface area contributed by atoms with E-state index >= 15 is 0 Å². The van der Waals surface area contributed by atoms with E-state index in [0.717, 1.165) is 10.2 Å². The molecule has 1 saturated heterocycles. The highest BCUT2D eigenvalue weighted by Gasteiger charge is 2.27. The Balaban J connectivity index is 1.75. The number of aromatic nitrogens is 1. The highest BCUT2D eigenvalue weighted by Crippen LogP contribution is 2.25. The van der Waals surface area contributed by atoms with Crippen molar-refractivity contribution in [3.63, 3.8) is 0 Å². The van der Waals surface area contributed by atoms with Gasteiger partial charge in [0.2, 0.25) is 11.8 Å². The van der Waals surface area contributed by atoms with E-state index in [1.54, 1.807) is 0 Å². The van der Waals surface area contributed by atoms with Crippen molar-refractivity contribution in [1.82, 2.24) is 10.3 Å². The number of anilines is 1. The van der Waals surface area contributed by atoms with E-state index in [-0.39, 0.29) is 11.8 Å². The number of nitrogens with one attached hydrogen (secondary N) is 2. The maximum absolute atomic E-state index is 11.9. The van der Waals surface area contributed by atoms with Gasteiger partial charge in [-0.05, 0) is 18.6 Å². The SMILES string of the molecule is O=C1CCC(C(=O)Nc2nc3ccccc3s2)N1. The Hall–Kier alpha value is -1.95. The molecular weight excluding hydrogens is 250 g/mol. The Bertz CT molecular complexity index is 590. The summed E-state index contributed by atoms with van der Waals surface area (Å²) in [5.74, 6) is -0.264. The highest BCUT2D eigenvalue weighted by atomic mass is 32.1. The third-order valence-electron chi connectivity index (χ3n) is 2.84. The fraction of sp³-hybridized carbons (Fsp3) is 0.250. The van der Waals surface area contributed by atoms with Crippen molar-refractivity contribution in [3.8, 4) is 0 Å². The quantitative estimate of drug-likeness (QED) is 0.861. The standard InChI is InChI=1S/C12H11N3O2S/c16-10-6-5-8(13-10)11(17)15-12-14-7-3-1-2-4-9(7)18-12/h1-4,8H,5-6H2,(H,13,16)(H,14,15,17). The van der Waals surface area contributed by atoms with Crippen molar-refractivity contribution in [3.05, 3.63) is 24.3 Å². The molecule has 5 nitrogen and oxygen atoms in total. The van der Waals surface area contributed by atoms with E-state index in [9.17, 15) is 9.59 Å². The minimum atomic E-state index is -0.426. The summed E-state index contributed by atoms with van der Waals surface area (Å²) in [7, 11) is 0. The highest BCUT2D eigenvalue weighted by molar-refractivity contribution is 7.22. The van der Waals surface area contributed by atoms with Gasteiger partial charge in [0.15, 0.2) is 5.13 Å². The lowest BCUT2D eigenvalue weighted by Crippen LogP contribution is -2.37. The summed E-state index contributed by atoms with van der Waals surface area (Å²) in [6.07, 6.45) is 0.966. The van der Waals surface area contributed by atoms with Crippen LogP contribution in [-0.2, 0) is 9.59 Å². The van der Waals surface area contributed by atoms with Crippen LogP contribution >= 0.6 is 11.3 Å². The first kappa shape index (κ1) is 11.2. The summed E-state index contributed by atoms with van der Waals surface area (Å²) in [5, 5.41) is 5.95. The molecule has 1 aliphatic rings. The van der Waals surface area contributed by atoms with Gasteiger partial charge >= 0.3 is 0 Å². The first-order valence-corrected chi connectivity index (χ1v) is 6.50. The molecule has 1 aromatic carbocycles. The zero-order chi connectivity index (χ0) is 12.5. The van der Waals surface area contributed by atoms with Crippen LogP contribution in [0.5, 0.6) is 0 Å². The molecule has 0 bridgehead atoms. The van der Waals surface area contributed by atoms with Gasteiger partial charge in [0.05, 0.1) is 10.2 Å². The number of nitrogens with zero attached hydrogens (tertiary/aromatic N) is 1. The number of carbonyl (C=O) groups is 2. The van der Waals surface area contributed by atoms with Gasteiger partial charge in [0, 0.05) is 6.42 Å². The Morgan fingerprint density at radius 1 is 1.44 bits per heavy atom. The molecule has 18 heavy (non-hydrogen) atoms. The second kappa shape index (κ2) is 4.38. The molecule has 92 valence electrons. The molecule has 0 saturated carbocycles. The summed E-state index contributed by atoms with van der Waals surface area (Å²) in [4.78, 5) is 27.2. The summed E-state index contributed by atoms with van der Waals surface area (Å²) < 4.78 is 1.03. The molecule has 1 aromatic heterocycles. The molecule has 0 spiro atoms. The van der Waals surface area contributed by atoms with Crippen molar-refractivity contribution in [2.75, 3.05) is 5.32 Å². The molecule has 3 rings (SSSR count). The molecule has 2 amide bonds. The van der Waals surface area contributed by atoms with Crippen LogP contribution in [0.2, 0.25) is 0 Å². The van der Waals surface area contributed by atoms with Crippen LogP contribution in [0.4, 0.5) is 5.13 Å². The van der Waals surface area contributed by atoms with Gasteiger partial charge in [0.1, 0.15) is 6.04 Å². The van der Waals surface area contributed by atoms with Gasteiger partial charge < -0.3 is 10.6 Å². The smallest absolute Gasteiger partial charge is 0.248 e. The van der Waals surface area contributed by atoms with Crippen LogP contribution < -0.4 is 10.6 Å². The minimum Gasteiger partial charge on any atom is -0.344 e. The number of carbonyl (C=O) groups excluding carboxylic acids is 2. The number of fused-ring (bicyclic) bond motifs is 1. The molecule has 2 N–H and O–H groups in total. The average Bonchev–Trinajstić information content (AvgIpc) is 2.94. The van der Waals surface area contributed by atoms with Gasteiger partial charge in [-0.3, -0.25) is 9.59 Å². The number of thiazole rings is 1. The molecule has 1 atom stereocenters. The fourth-order valence-electron chi connectivity index (χ4n) is 1.93. The lowest BCUT2D eigenvalue weighted by molar-refractivity contribution is -0.122. The van der Waals surface area contributed by atoms with Crippen LogP contribution in [0.15, 0.2) is 24.3 Å². The Morgan fingerprint density at radius 2 is 2.28 bits per heavy atom. The second-order valence-electron chi connectivity index (χ2n) is 4.13. The number of para-hydroxylation sites is 1. The zero-order valence-corrected chi connectivity index (χ0v) is 10.3. The molecule has 1 aliphatic heterocycles. The zero-order valence-electron chi connectivity index (χ0n) is 9.47. The topological polar surface area (TPSA) is 71.1 Å². The summed E-state index contributed by atoms with van der Waals surface area (Å²) in [5.41, 5.74) is 0.869. The van der Waals surface area contributed by atoms with Crippen LogP contribution in [-0.4, -0.2) is 22.8 Å². The molecule has 2 heterocycles. The van der Waals surface area contributed by atoms with Crippen molar-refractivity contribution in [2.24, 2.45) is 0 Å². The predicted molar refractivity (Wildman–Crippen MR) is 69.4 cm³/mol. The third kappa shape index (κ3) is 2.06. The molecule has 1 unspecified atom stereocenters. The Labute approximate surface area is 107 Å². The van der Waals surface area contributed by atoms with Gasteiger partial charge in [-0.15, -0.1) is 0 Å². The van der Waals surface area contributed by atoms with Gasteiger partial charge in [-0.1, -0.05) is 23.5 Å². The first-order valence-electron chi connectivity index (χ1n) is 5.68. The van der Waals surface area contributed by atoms with Crippen LogP contribution in [0, 0.1) is 0 Å².